The van der Waals surface area contributed by atoms with Crippen LogP contribution in [0.1, 0.15) is 24.4 Å². The summed E-state index contributed by atoms with van der Waals surface area (Å²) in [5, 5.41) is 0. The fourth-order valence-corrected chi connectivity index (χ4v) is 4.68. The van der Waals surface area contributed by atoms with Gasteiger partial charge in [-0.05, 0) is 55.5 Å². The van der Waals surface area contributed by atoms with Crippen molar-refractivity contribution in [2.24, 2.45) is 17.3 Å². The number of alkyl halides is 3. The first-order valence-electron chi connectivity index (χ1n) is 6.93. The number of allylic oxidation sites excluding steroid dienone is 2. The molecule has 2 nitrogen and oxygen atoms in total. The third kappa shape index (κ3) is 3.85. The number of nitrogens with zero attached hydrogens (tertiary/aromatic N) is 1. The molecule has 0 bridgehead atoms. The predicted octanol–water partition coefficient (Wildman–Crippen LogP) is 5.56. The van der Waals surface area contributed by atoms with E-state index in [-0.39, 0.29) is 35.1 Å². The van der Waals surface area contributed by atoms with E-state index in [9.17, 15) is 18.0 Å². The average Bonchev–Trinajstić information content (AvgIpc) is 2.74. The summed E-state index contributed by atoms with van der Waals surface area (Å²) in [6, 6.07) is 0. The number of hydrogen-bond donors (Lipinski definition) is 0. The summed E-state index contributed by atoms with van der Waals surface area (Å²) >= 11 is 7.29. The first kappa shape index (κ1) is 19.0. The molecular formula is C15H16Br2F3NOS. The van der Waals surface area contributed by atoms with E-state index in [0.29, 0.717) is 11.3 Å². The lowest BCUT2D eigenvalue weighted by atomic mass is 10.1. The Hall–Kier alpha value is -0.340. The van der Waals surface area contributed by atoms with Crippen LogP contribution in [0, 0.1) is 17.3 Å². The first-order chi connectivity index (χ1) is 10.5. The zero-order valence-electron chi connectivity index (χ0n) is 12.6. The molecule has 1 heterocycles. The summed E-state index contributed by atoms with van der Waals surface area (Å²) in [6.45, 7) is 7.35. The first-order valence-corrected chi connectivity index (χ1v) is 9.33. The van der Waals surface area contributed by atoms with Gasteiger partial charge in [0.15, 0.2) is 0 Å². The van der Waals surface area contributed by atoms with E-state index < -0.39 is 16.7 Å². The zero-order valence-corrected chi connectivity index (χ0v) is 16.6. The molecule has 2 rings (SSSR count). The normalized spacial score (nSPS) is 22.7. The van der Waals surface area contributed by atoms with E-state index in [0.717, 1.165) is 7.96 Å². The van der Waals surface area contributed by atoms with Crippen molar-refractivity contribution in [3.05, 3.63) is 42.4 Å². The van der Waals surface area contributed by atoms with Crippen LogP contribution in [-0.4, -0.2) is 4.57 Å². The second-order valence-corrected chi connectivity index (χ2v) is 9.97. The van der Waals surface area contributed by atoms with Gasteiger partial charge in [0.05, 0.1) is 3.39 Å². The predicted molar refractivity (Wildman–Crippen MR) is 94.2 cm³/mol. The van der Waals surface area contributed by atoms with Crippen molar-refractivity contribution in [1.82, 2.24) is 4.57 Å². The maximum Gasteiger partial charge on any atom is 0.432 e. The van der Waals surface area contributed by atoms with E-state index in [4.69, 9.17) is 0 Å². The van der Waals surface area contributed by atoms with Gasteiger partial charge in [0.1, 0.15) is 5.69 Å². The fourth-order valence-electron chi connectivity index (χ4n) is 3.04. The molecule has 1 fully saturated rings. The standard InChI is InChI=1S/C15H16Br2F3NOS/c1-4-5-21-12(15(18,19)20)10(23-13(21)22)6-8-9(7-11(16)17)14(8,2)3/h4,7-9H,1,5-6H2,2-3H3/t8-,9+/m1/s1. The van der Waals surface area contributed by atoms with Crippen molar-refractivity contribution >= 4 is 43.2 Å². The summed E-state index contributed by atoms with van der Waals surface area (Å²) < 4.78 is 41.8. The number of hydrogen-bond acceptors (Lipinski definition) is 2. The number of thiazole rings is 1. The molecule has 0 unspecified atom stereocenters. The van der Waals surface area contributed by atoms with Crippen LogP contribution in [0.2, 0.25) is 0 Å². The Morgan fingerprint density at radius 1 is 1.43 bits per heavy atom. The molecule has 1 aromatic heterocycles. The van der Waals surface area contributed by atoms with Gasteiger partial charge in [-0.1, -0.05) is 37.3 Å². The maximum atomic E-state index is 13.4. The van der Waals surface area contributed by atoms with Gasteiger partial charge < -0.3 is 0 Å². The van der Waals surface area contributed by atoms with Crippen molar-refractivity contribution in [3.63, 3.8) is 0 Å². The minimum Gasteiger partial charge on any atom is -0.291 e. The van der Waals surface area contributed by atoms with E-state index in [1.807, 2.05) is 19.9 Å². The molecule has 1 aromatic rings. The van der Waals surface area contributed by atoms with Crippen LogP contribution >= 0.6 is 43.2 Å². The SMILES string of the molecule is C=CCn1c(C(F)(F)F)c(C[C@@H]2[C@H](C=C(Br)Br)C2(C)C)sc1=O. The number of halogens is 5. The van der Waals surface area contributed by atoms with E-state index in [2.05, 4.69) is 38.4 Å². The third-order valence-corrected chi connectivity index (χ3v) is 5.93. The number of aromatic nitrogens is 1. The average molecular weight is 475 g/mol. The summed E-state index contributed by atoms with van der Waals surface area (Å²) in [5.74, 6) is 0.242. The lowest BCUT2D eigenvalue weighted by Crippen LogP contribution is -2.21. The fraction of sp³-hybridized carbons (Fsp3) is 0.533. The van der Waals surface area contributed by atoms with Crippen molar-refractivity contribution in [1.29, 1.82) is 0 Å². The van der Waals surface area contributed by atoms with E-state index in [1.165, 1.54) is 6.08 Å². The molecule has 0 amide bonds. The Morgan fingerprint density at radius 2 is 2.04 bits per heavy atom. The van der Waals surface area contributed by atoms with Crippen molar-refractivity contribution in [2.75, 3.05) is 0 Å². The second-order valence-electron chi connectivity index (χ2n) is 6.15. The van der Waals surface area contributed by atoms with Crippen LogP contribution in [0.15, 0.2) is 26.9 Å². The van der Waals surface area contributed by atoms with Crippen molar-refractivity contribution < 1.29 is 13.2 Å². The molecule has 0 spiro atoms. The molecule has 2 atom stereocenters. The summed E-state index contributed by atoms with van der Waals surface area (Å²) in [5.41, 5.74) is -0.915. The molecule has 1 saturated carbocycles. The molecule has 0 N–H and O–H groups in total. The molecule has 1 aliphatic rings. The topological polar surface area (TPSA) is 22.0 Å². The van der Waals surface area contributed by atoms with Gasteiger partial charge in [-0.25, -0.2) is 0 Å². The van der Waals surface area contributed by atoms with Crippen molar-refractivity contribution in [2.45, 2.75) is 33.0 Å². The Morgan fingerprint density at radius 3 is 2.52 bits per heavy atom. The molecule has 0 saturated heterocycles. The van der Waals surface area contributed by atoms with Gasteiger partial charge in [0.2, 0.25) is 0 Å². The largest absolute Gasteiger partial charge is 0.432 e. The highest BCUT2D eigenvalue weighted by atomic mass is 79.9. The van der Waals surface area contributed by atoms with Crippen LogP contribution in [0.5, 0.6) is 0 Å². The molecule has 0 radical (unpaired) electrons. The lowest BCUT2D eigenvalue weighted by Gasteiger charge is -2.12. The monoisotopic (exact) mass is 473 g/mol. The highest BCUT2D eigenvalue weighted by Gasteiger charge is 2.56. The van der Waals surface area contributed by atoms with Crippen LogP contribution < -0.4 is 4.87 Å². The van der Waals surface area contributed by atoms with Gasteiger partial charge in [-0.15, -0.1) is 6.58 Å². The van der Waals surface area contributed by atoms with Gasteiger partial charge >= 0.3 is 11.0 Å². The van der Waals surface area contributed by atoms with E-state index in [1.54, 1.807) is 0 Å². The smallest absolute Gasteiger partial charge is 0.291 e. The van der Waals surface area contributed by atoms with Crippen molar-refractivity contribution in [3.8, 4) is 0 Å². The van der Waals surface area contributed by atoms with E-state index >= 15 is 0 Å². The molecule has 23 heavy (non-hydrogen) atoms. The molecule has 0 aliphatic heterocycles. The third-order valence-electron chi connectivity index (χ3n) is 4.40. The highest BCUT2D eigenvalue weighted by molar-refractivity contribution is 9.28. The minimum atomic E-state index is -4.54. The van der Waals surface area contributed by atoms with Gasteiger partial charge in [0.25, 0.3) is 0 Å². The Balaban J connectivity index is 2.38. The molecule has 8 heteroatoms. The van der Waals surface area contributed by atoms with Crippen LogP contribution in [0.4, 0.5) is 13.2 Å². The van der Waals surface area contributed by atoms with Gasteiger partial charge in [-0.2, -0.15) is 13.2 Å². The highest BCUT2D eigenvalue weighted by Crippen LogP contribution is 2.61. The maximum absolute atomic E-state index is 13.4. The van der Waals surface area contributed by atoms with Crippen LogP contribution in [0.25, 0.3) is 0 Å². The Kier molecular flexibility index (Phi) is 5.38. The summed E-state index contributed by atoms with van der Waals surface area (Å²) in [6.07, 6.45) is -1.03. The summed E-state index contributed by atoms with van der Waals surface area (Å²) in [4.78, 5) is 11.5. The minimum absolute atomic E-state index is 0.0731. The number of rotatable bonds is 5. The van der Waals surface area contributed by atoms with Crippen LogP contribution in [-0.2, 0) is 19.1 Å². The molecule has 128 valence electrons. The molecule has 1 aliphatic carbocycles. The Labute approximate surface area is 153 Å². The molecular weight excluding hydrogens is 459 g/mol. The summed E-state index contributed by atoms with van der Waals surface area (Å²) in [7, 11) is 0. The molecule has 0 aromatic carbocycles. The quantitative estimate of drug-likeness (QED) is 0.512. The zero-order chi connectivity index (χ0) is 17.6. The Bertz CT molecular complexity index is 699. The van der Waals surface area contributed by atoms with Crippen LogP contribution in [0.3, 0.4) is 0 Å². The lowest BCUT2D eigenvalue weighted by molar-refractivity contribution is -0.144. The second kappa shape index (κ2) is 6.52. The van der Waals surface area contributed by atoms with Gasteiger partial charge in [-0.3, -0.25) is 9.36 Å². The van der Waals surface area contributed by atoms with Gasteiger partial charge in [0, 0.05) is 11.4 Å².